The van der Waals surface area contributed by atoms with Crippen molar-refractivity contribution in [3.05, 3.63) is 270 Å². The minimum Gasteiger partial charge on any atom is -0.510 e. The van der Waals surface area contributed by atoms with Crippen molar-refractivity contribution in [2.45, 2.75) is 110 Å². The maximum Gasteiger partial charge on any atom is 0.267 e. The molecule has 11 aromatic rings. The van der Waals surface area contributed by atoms with Crippen molar-refractivity contribution in [1.29, 1.82) is 0 Å². The second-order valence-electron chi connectivity index (χ2n) is 24.7. The molecule has 0 amide bonds. The third kappa shape index (κ3) is 10.6. The molecule has 3 aromatic heterocycles. The molecule has 0 saturated heterocycles. The summed E-state index contributed by atoms with van der Waals surface area (Å²) >= 11 is 0. The van der Waals surface area contributed by atoms with Crippen molar-refractivity contribution in [1.82, 2.24) is 14.1 Å². The summed E-state index contributed by atoms with van der Waals surface area (Å²) in [6.07, 6.45) is 8.07. The molecule has 0 saturated carbocycles. The summed E-state index contributed by atoms with van der Waals surface area (Å²) in [7, 11) is 0. The molecule has 5 nitrogen and oxygen atoms in total. The van der Waals surface area contributed by atoms with Crippen LogP contribution in [0.4, 0.5) is 0 Å². The Hall–Kier alpha value is -7.59. The van der Waals surface area contributed by atoms with Gasteiger partial charge >= 0.3 is 0 Å². The minimum atomic E-state index is -0.461. The van der Waals surface area contributed by atoms with E-state index in [0.29, 0.717) is 11.5 Å². The van der Waals surface area contributed by atoms with E-state index in [1.54, 1.807) is 0 Å². The zero-order valence-corrected chi connectivity index (χ0v) is 49.9. The number of rotatable bonds is 12. The quantitative estimate of drug-likeness (QED) is 0.0903. The van der Waals surface area contributed by atoms with Gasteiger partial charge in [-0.15, -0.1) is 35.2 Å². The van der Waals surface area contributed by atoms with E-state index in [2.05, 4.69) is 310 Å². The Kier molecular flexibility index (Phi) is 14.5. The van der Waals surface area contributed by atoms with E-state index in [1.807, 2.05) is 12.3 Å². The van der Waals surface area contributed by atoms with Gasteiger partial charge in [0.15, 0.2) is 0 Å². The maximum atomic E-state index is 7.02. The number of hydrogen-bond acceptors (Lipinski definition) is 2. The van der Waals surface area contributed by atoms with Crippen molar-refractivity contribution >= 4 is 21.8 Å². The summed E-state index contributed by atoms with van der Waals surface area (Å²) in [5.74, 6) is 1.98. The van der Waals surface area contributed by atoms with Crippen molar-refractivity contribution < 1.29 is 30.4 Å². The van der Waals surface area contributed by atoms with Crippen LogP contribution in [-0.2, 0) is 48.1 Å². The molecule has 79 heavy (non-hydrogen) atoms. The van der Waals surface area contributed by atoms with Gasteiger partial charge in [0.1, 0.15) is 5.82 Å². The monoisotopic (exact) mass is 1210 g/mol. The molecule has 3 heterocycles. The van der Waals surface area contributed by atoms with Crippen LogP contribution in [0.5, 0.6) is 11.5 Å². The summed E-state index contributed by atoms with van der Waals surface area (Å²) in [5.41, 5.74) is 14.3. The predicted molar refractivity (Wildman–Crippen MR) is 321 cm³/mol. The van der Waals surface area contributed by atoms with E-state index in [-0.39, 0.29) is 42.7 Å². The molecule has 0 atom stereocenters. The molecule has 0 radical (unpaired) electrons. The molecule has 0 spiro atoms. The van der Waals surface area contributed by atoms with E-state index < -0.39 is 5.41 Å². The molecule has 0 aliphatic rings. The molecule has 6 heteroatoms. The number of fused-ring (bicyclic) bond motifs is 3. The van der Waals surface area contributed by atoms with E-state index in [0.717, 1.165) is 55.8 Å². The number of imidazole rings is 1. The van der Waals surface area contributed by atoms with Gasteiger partial charge in [-0.3, -0.25) is 4.57 Å². The number of pyridine rings is 1. The third-order valence-corrected chi connectivity index (χ3v) is 16.2. The summed E-state index contributed by atoms with van der Waals surface area (Å²) in [5, 5.41) is 2.24. The number of ether oxygens (including phenoxy) is 1. The number of benzene rings is 8. The van der Waals surface area contributed by atoms with Gasteiger partial charge in [-0.05, 0) is 96.7 Å². The smallest absolute Gasteiger partial charge is 0.267 e. The maximum absolute atomic E-state index is 7.02. The van der Waals surface area contributed by atoms with Gasteiger partial charge in [0.2, 0.25) is 0 Å². The number of aromatic nitrogens is 4. The first kappa shape index (κ1) is 54.8. The van der Waals surface area contributed by atoms with Crippen LogP contribution in [0, 0.1) is 18.5 Å². The van der Waals surface area contributed by atoms with E-state index in [1.165, 1.54) is 38.9 Å². The Bertz CT molecular complexity index is 3900. The molecule has 0 aliphatic heterocycles. The van der Waals surface area contributed by atoms with Crippen LogP contribution in [0.1, 0.15) is 128 Å². The average molecular weight is 1210 g/mol. The Morgan fingerprint density at radius 2 is 0.987 bits per heavy atom. The van der Waals surface area contributed by atoms with Crippen LogP contribution in [-0.4, -0.2) is 14.1 Å². The van der Waals surface area contributed by atoms with Crippen molar-refractivity contribution in [3.63, 3.8) is 0 Å². The van der Waals surface area contributed by atoms with Crippen molar-refractivity contribution in [2.75, 3.05) is 0 Å². The molecule has 400 valence electrons. The van der Waals surface area contributed by atoms with Crippen molar-refractivity contribution in [2.24, 2.45) is 0 Å². The van der Waals surface area contributed by atoms with Crippen LogP contribution in [0.25, 0.3) is 50.1 Å². The van der Waals surface area contributed by atoms with E-state index in [9.17, 15) is 0 Å². The number of nitrogens with zero attached hydrogens (tertiary/aromatic N) is 4. The zero-order chi connectivity index (χ0) is 54.8. The van der Waals surface area contributed by atoms with Crippen molar-refractivity contribution in [3.8, 4) is 39.8 Å². The summed E-state index contributed by atoms with van der Waals surface area (Å²) in [6.45, 7) is 27.5. The van der Waals surface area contributed by atoms with E-state index in [4.69, 9.17) is 9.72 Å². The Labute approximate surface area is 482 Å². The van der Waals surface area contributed by atoms with Gasteiger partial charge in [0.05, 0.1) is 11.4 Å². The summed E-state index contributed by atoms with van der Waals surface area (Å²) in [6, 6.07) is 77.2. The van der Waals surface area contributed by atoms with Gasteiger partial charge in [0.25, 0.3) is 6.33 Å². The fraction of sp³-hybridized carbons (Fsp3) is 0.233. The molecular weight excluding hydrogens is 1140 g/mol. The van der Waals surface area contributed by atoms with Gasteiger partial charge in [0, 0.05) is 66.7 Å². The van der Waals surface area contributed by atoms with Crippen LogP contribution < -0.4 is 9.30 Å². The molecular formula is C73H70N4OPt-2. The zero-order valence-electron chi connectivity index (χ0n) is 47.6. The van der Waals surface area contributed by atoms with Gasteiger partial charge < -0.3 is 13.9 Å². The summed E-state index contributed by atoms with van der Waals surface area (Å²) in [4.78, 5) is 4.99. The third-order valence-electron chi connectivity index (χ3n) is 16.2. The molecule has 0 bridgehead atoms. The van der Waals surface area contributed by atoms with Gasteiger partial charge in [-0.25, -0.2) is 4.98 Å². The molecule has 8 aromatic carbocycles. The fourth-order valence-corrected chi connectivity index (χ4v) is 11.0. The minimum absolute atomic E-state index is 0. The fourth-order valence-electron chi connectivity index (χ4n) is 11.0. The Balaban J connectivity index is 0.00000704. The van der Waals surface area contributed by atoms with Crippen LogP contribution in [0.2, 0.25) is 0 Å². The normalized spacial score (nSPS) is 12.5. The first-order chi connectivity index (χ1) is 37.2. The topological polar surface area (TPSA) is 35.9 Å². The van der Waals surface area contributed by atoms with Crippen LogP contribution >= 0.6 is 0 Å². The first-order valence-electron chi connectivity index (χ1n) is 27.4. The molecule has 11 rings (SSSR count). The SMILES string of the molecule is CC(C)(C)c1ccnc(-n2c3[c-]c(Oc4[c-]c(-n5[c-][n+](-c6cc(C(C)(C)c7ccccc7)cc(C(C)(C)c7ccccc7)c6)c(C(C)(C)c6ccccc6)c5)cc(-c5ccccc5)c4)ccc3c3cc(C(C)(C)C)ccc32)c1.[Pt]. The van der Waals surface area contributed by atoms with Gasteiger partial charge in [-0.1, -0.05) is 228 Å². The molecule has 0 N–H and O–H groups in total. The second kappa shape index (κ2) is 20.9. The predicted octanol–water partition coefficient (Wildman–Crippen LogP) is 17.7. The van der Waals surface area contributed by atoms with Crippen LogP contribution in [0.15, 0.2) is 207 Å². The van der Waals surface area contributed by atoms with Gasteiger partial charge in [-0.2, -0.15) is 12.1 Å². The first-order valence-corrected chi connectivity index (χ1v) is 27.4. The largest absolute Gasteiger partial charge is 0.510 e. The molecule has 0 aliphatic carbocycles. The Morgan fingerprint density at radius 3 is 1.56 bits per heavy atom. The average Bonchev–Trinajstić information content (AvgIpc) is 4.08. The Morgan fingerprint density at radius 1 is 0.443 bits per heavy atom. The molecule has 0 unspecified atom stereocenters. The van der Waals surface area contributed by atoms with Crippen LogP contribution in [0.3, 0.4) is 0 Å². The number of hydrogen-bond donors (Lipinski definition) is 0. The standard InChI is InChI=1S/C73H70N4O.Pt/c1-69(2,3)55-33-36-65-64(44-55)63-35-34-61(47-66(63)77(65)68-45-56(37-38-74-68)70(4,5)6)78-62-40-51(50-25-17-13-18-26-50)39-59(46-62)75-48-67(73(11,12)54-31-23-16-24-32-54)76(49-75)60-42-57(71(7,8)52-27-19-14-20-28-52)41-58(43-60)72(9,10)53-29-21-15-22-30-53;/h13-45,48H,1-12H3;/q-2;. The second-order valence-corrected chi connectivity index (χ2v) is 24.7. The van der Waals surface area contributed by atoms with E-state index >= 15 is 0 Å². The summed E-state index contributed by atoms with van der Waals surface area (Å²) < 4.78 is 13.6. The molecule has 0 fully saturated rings.